The quantitative estimate of drug-likeness (QED) is 0.798. The highest BCUT2D eigenvalue weighted by molar-refractivity contribution is 7.98. The molecule has 0 aliphatic carbocycles. The maximum Gasteiger partial charge on any atom is 0.246 e. The number of rotatable bonds is 2. The zero-order valence-corrected chi connectivity index (χ0v) is 11.6. The second-order valence-electron chi connectivity index (χ2n) is 4.19. The van der Waals surface area contributed by atoms with Crippen molar-refractivity contribution in [2.24, 2.45) is 7.05 Å². The molecule has 1 aromatic heterocycles. The van der Waals surface area contributed by atoms with Gasteiger partial charge in [0.15, 0.2) is 0 Å². The van der Waals surface area contributed by atoms with Crippen LogP contribution in [0, 0.1) is 0 Å². The second kappa shape index (κ2) is 5.34. The number of carbonyl (C=O) groups excluding carboxylic acids is 1. The summed E-state index contributed by atoms with van der Waals surface area (Å²) >= 11 is 1.84. The van der Waals surface area contributed by atoms with E-state index in [1.165, 1.54) is 5.56 Å². The Morgan fingerprint density at radius 2 is 2.44 bits per heavy atom. The number of hydrogen-bond acceptors (Lipinski definition) is 4. The van der Waals surface area contributed by atoms with Gasteiger partial charge in [-0.05, 0) is 0 Å². The summed E-state index contributed by atoms with van der Waals surface area (Å²) in [4.78, 5) is 12.0. The first kappa shape index (κ1) is 13.5. The molecular weight excluding hydrogens is 272 g/mol. The van der Waals surface area contributed by atoms with Crippen LogP contribution < -0.4 is 10.6 Å². The van der Waals surface area contributed by atoms with E-state index >= 15 is 0 Å². The lowest BCUT2D eigenvalue weighted by Gasteiger charge is -2.11. The second-order valence-corrected chi connectivity index (χ2v) is 5.18. The Balaban J connectivity index is 0.00000120. The van der Waals surface area contributed by atoms with Crippen LogP contribution in [0.25, 0.3) is 0 Å². The van der Waals surface area contributed by atoms with Crippen molar-refractivity contribution in [3.05, 3.63) is 23.4 Å². The zero-order valence-electron chi connectivity index (χ0n) is 9.97. The van der Waals surface area contributed by atoms with Crippen LogP contribution in [0.4, 0.5) is 5.82 Å². The molecule has 1 amide bonds. The number of halogens is 1. The van der Waals surface area contributed by atoms with E-state index in [-0.39, 0.29) is 24.4 Å². The Morgan fingerprint density at radius 3 is 3.17 bits per heavy atom. The number of nitrogens with one attached hydrogen (secondary N) is 2. The Labute approximate surface area is 116 Å². The average Bonchev–Trinajstić information content (AvgIpc) is 2.98. The van der Waals surface area contributed by atoms with Crippen LogP contribution in [0.5, 0.6) is 0 Å². The average molecular weight is 287 g/mol. The number of anilines is 1. The molecular formula is C11H15ClN4OS. The highest BCUT2D eigenvalue weighted by Gasteiger charge is 2.25. The summed E-state index contributed by atoms with van der Waals surface area (Å²) in [5.74, 6) is 2.71. The van der Waals surface area contributed by atoms with E-state index in [0.29, 0.717) is 0 Å². The van der Waals surface area contributed by atoms with E-state index in [0.717, 1.165) is 29.6 Å². The summed E-state index contributed by atoms with van der Waals surface area (Å²) in [6.07, 6.45) is 3.86. The van der Waals surface area contributed by atoms with E-state index in [1.54, 1.807) is 4.68 Å². The molecule has 1 atom stereocenters. The van der Waals surface area contributed by atoms with Gasteiger partial charge in [0.25, 0.3) is 0 Å². The van der Waals surface area contributed by atoms with E-state index in [9.17, 15) is 4.79 Å². The van der Waals surface area contributed by atoms with Gasteiger partial charge in [-0.3, -0.25) is 14.8 Å². The molecule has 0 aromatic carbocycles. The van der Waals surface area contributed by atoms with Crippen molar-refractivity contribution in [3.63, 3.8) is 0 Å². The minimum absolute atomic E-state index is 0. The third-order valence-electron chi connectivity index (χ3n) is 3.02. The molecule has 1 unspecified atom stereocenters. The smallest absolute Gasteiger partial charge is 0.246 e. The molecule has 5 nitrogen and oxygen atoms in total. The summed E-state index contributed by atoms with van der Waals surface area (Å²) in [6, 6.07) is -0.213. The summed E-state index contributed by atoms with van der Waals surface area (Å²) in [5.41, 5.74) is 2.27. The first-order chi connectivity index (χ1) is 8.25. The lowest BCUT2D eigenvalue weighted by atomic mass is 10.2. The van der Waals surface area contributed by atoms with E-state index in [1.807, 2.05) is 31.0 Å². The molecule has 2 aliphatic heterocycles. The third kappa shape index (κ3) is 2.28. The van der Waals surface area contributed by atoms with E-state index < -0.39 is 0 Å². The van der Waals surface area contributed by atoms with Gasteiger partial charge in [0.2, 0.25) is 5.91 Å². The lowest BCUT2D eigenvalue weighted by Crippen LogP contribution is -2.36. The summed E-state index contributed by atoms with van der Waals surface area (Å²) in [5, 5.41) is 10.5. The predicted molar refractivity (Wildman–Crippen MR) is 75.0 cm³/mol. The molecule has 2 aliphatic rings. The van der Waals surface area contributed by atoms with Gasteiger partial charge in [-0.15, -0.1) is 12.4 Å². The fraction of sp³-hybridized carbons (Fsp3) is 0.455. The fourth-order valence-corrected chi connectivity index (χ4v) is 3.17. The predicted octanol–water partition coefficient (Wildman–Crippen LogP) is 1.06. The highest BCUT2D eigenvalue weighted by atomic mass is 35.5. The van der Waals surface area contributed by atoms with Gasteiger partial charge in [0.05, 0.1) is 5.69 Å². The molecule has 1 aromatic rings. The van der Waals surface area contributed by atoms with Crippen LogP contribution in [0.1, 0.15) is 11.3 Å². The Kier molecular flexibility index (Phi) is 3.99. The molecule has 0 saturated carbocycles. The van der Waals surface area contributed by atoms with E-state index in [2.05, 4.69) is 15.7 Å². The minimum Gasteiger partial charge on any atom is -0.309 e. The SMILES string of the molecule is Cl.Cn1nc2c(c1NC(=O)C1C=CCN1)CSC2. The monoisotopic (exact) mass is 286 g/mol. The van der Waals surface area contributed by atoms with Crippen molar-refractivity contribution < 1.29 is 4.79 Å². The van der Waals surface area contributed by atoms with Gasteiger partial charge >= 0.3 is 0 Å². The molecule has 0 saturated heterocycles. The molecule has 3 heterocycles. The van der Waals surface area contributed by atoms with Crippen LogP contribution in [-0.4, -0.2) is 28.3 Å². The number of fused-ring (bicyclic) bond motifs is 1. The van der Waals surface area contributed by atoms with E-state index in [4.69, 9.17) is 0 Å². The van der Waals surface area contributed by atoms with Gasteiger partial charge in [-0.1, -0.05) is 12.2 Å². The van der Waals surface area contributed by atoms with Crippen LogP contribution in [0.3, 0.4) is 0 Å². The van der Waals surface area contributed by atoms with Crippen molar-refractivity contribution in [1.29, 1.82) is 0 Å². The van der Waals surface area contributed by atoms with Gasteiger partial charge in [-0.25, -0.2) is 0 Å². The molecule has 2 N–H and O–H groups in total. The minimum atomic E-state index is -0.213. The molecule has 3 rings (SSSR count). The molecule has 0 radical (unpaired) electrons. The van der Waals surface area contributed by atoms with Crippen molar-refractivity contribution in [2.45, 2.75) is 17.5 Å². The molecule has 18 heavy (non-hydrogen) atoms. The molecule has 0 bridgehead atoms. The maximum atomic E-state index is 12.0. The van der Waals surface area contributed by atoms with Gasteiger partial charge in [0, 0.05) is 30.7 Å². The topological polar surface area (TPSA) is 59.0 Å². The summed E-state index contributed by atoms with van der Waals surface area (Å²) < 4.78 is 1.76. The maximum absolute atomic E-state index is 12.0. The van der Waals surface area contributed by atoms with Gasteiger partial charge in [0.1, 0.15) is 11.9 Å². The van der Waals surface area contributed by atoms with Crippen LogP contribution in [0.2, 0.25) is 0 Å². The number of amides is 1. The number of aryl methyl sites for hydroxylation is 1. The lowest BCUT2D eigenvalue weighted by molar-refractivity contribution is -0.117. The van der Waals surface area contributed by atoms with Crippen molar-refractivity contribution >= 4 is 35.9 Å². The van der Waals surface area contributed by atoms with Crippen molar-refractivity contribution in [2.75, 3.05) is 11.9 Å². The molecule has 7 heteroatoms. The van der Waals surface area contributed by atoms with Crippen LogP contribution >= 0.6 is 24.2 Å². The first-order valence-corrected chi connectivity index (χ1v) is 6.74. The third-order valence-corrected chi connectivity index (χ3v) is 3.99. The van der Waals surface area contributed by atoms with Crippen LogP contribution in [-0.2, 0) is 23.3 Å². The Bertz CT molecular complexity index is 499. The van der Waals surface area contributed by atoms with Gasteiger partial charge in [-0.2, -0.15) is 16.9 Å². The van der Waals surface area contributed by atoms with Crippen molar-refractivity contribution in [3.8, 4) is 0 Å². The largest absolute Gasteiger partial charge is 0.309 e. The molecule has 0 spiro atoms. The number of thioether (sulfide) groups is 1. The normalized spacial score (nSPS) is 20.6. The number of aromatic nitrogens is 2. The first-order valence-electron chi connectivity index (χ1n) is 5.59. The fourth-order valence-electron chi connectivity index (χ4n) is 2.14. The standard InChI is InChI=1S/C11H14N4OS.ClH/c1-15-10(7-5-17-6-9(7)14-15)13-11(16)8-3-2-4-12-8;/h2-3,8,12H,4-6H2,1H3,(H,13,16);1H. The van der Waals surface area contributed by atoms with Gasteiger partial charge < -0.3 is 5.32 Å². The summed E-state index contributed by atoms with van der Waals surface area (Å²) in [7, 11) is 1.87. The van der Waals surface area contributed by atoms with Crippen LogP contribution in [0.15, 0.2) is 12.2 Å². The number of hydrogen-bond donors (Lipinski definition) is 2. The number of nitrogens with zero attached hydrogens (tertiary/aromatic N) is 2. The Hall–Kier alpha value is -0.980. The summed E-state index contributed by atoms with van der Waals surface area (Å²) in [6.45, 7) is 0.761. The number of carbonyl (C=O) groups is 1. The molecule has 98 valence electrons. The molecule has 0 fully saturated rings. The Morgan fingerprint density at radius 1 is 1.61 bits per heavy atom. The highest BCUT2D eigenvalue weighted by Crippen LogP contribution is 2.34. The zero-order chi connectivity index (χ0) is 11.8. The van der Waals surface area contributed by atoms with Crippen molar-refractivity contribution in [1.82, 2.24) is 15.1 Å².